The fraction of sp³-hybridized carbons (Fsp3) is 0.278. The molecule has 1 N–H and O–H groups in total. The highest BCUT2D eigenvalue weighted by Gasteiger charge is 2.19. The highest BCUT2D eigenvalue weighted by Crippen LogP contribution is 2.23. The SMILES string of the molecule is O=C(Nc1ccc(S(=O)(=O)c2ccc(F)cc2)cc1)N1CCCSCC1. The van der Waals surface area contributed by atoms with Crippen LogP contribution in [-0.4, -0.2) is 43.9 Å². The van der Waals surface area contributed by atoms with E-state index in [9.17, 15) is 17.6 Å². The summed E-state index contributed by atoms with van der Waals surface area (Å²) in [5, 5.41) is 2.80. The van der Waals surface area contributed by atoms with Gasteiger partial charge < -0.3 is 10.2 Å². The average Bonchev–Trinajstić information content (AvgIpc) is 2.92. The van der Waals surface area contributed by atoms with Crippen LogP contribution in [0.3, 0.4) is 0 Å². The van der Waals surface area contributed by atoms with Crippen molar-refractivity contribution in [1.29, 1.82) is 0 Å². The number of hydrogen-bond donors (Lipinski definition) is 1. The zero-order valence-electron chi connectivity index (χ0n) is 14.0. The normalized spacial score (nSPS) is 15.3. The molecule has 1 fully saturated rings. The first-order valence-electron chi connectivity index (χ1n) is 8.21. The van der Waals surface area contributed by atoms with Crippen LogP contribution in [0.1, 0.15) is 6.42 Å². The molecule has 0 spiro atoms. The van der Waals surface area contributed by atoms with Crippen LogP contribution >= 0.6 is 11.8 Å². The molecule has 0 atom stereocenters. The number of carbonyl (C=O) groups excluding carboxylic acids is 1. The van der Waals surface area contributed by atoms with Crippen molar-refractivity contribution in [1.82, 2.24) is 4.90 Å². The topological polar surface area (TPSA) is 66.5 Å². The average molecular weight is 394 g/mol. The Morgan fingerprint density at radius 3 is 2.23 bits per heavy atom. The number of anilines is 1. The summed E-state index contributed by atoms with van der Waals surface area (Å²) in [5.41, 5.74) is 0.532. The molecule has 0 aromatic heterocycles. The Balaban J connectivity index is 1.71. The molecule has 26 heavy (non-hydrogen) atoms. The second kappa shape index (κ2) is 8.09. The van der Waals surface area contributed by atoms with Gasteiger partial charge in [0.15, 0.2) is 0 Å². The van der Waals surface area contributed by atoms with E-state index in [1.807, 2.05) is 11.8 Å². The number of nitrogens with zero attached hydrogens (tertiary/aromatic N) is 1. The fourth-order valence-corrected chi connectivity index (χ4v) is 4.77. The fourth-order valence-electron chi connectivity index (χ4n) is 2.62. The summed E-state index contributed by atoms with van der Waals surface area (Å²) in [6.07, 6.45) is 0.965. The first kappa shape index (κ1) is 18.7. The van der Waals surface area contributed by atoms with Crippen molar-refractivity contribution >= 4 is 33.3 Å². The van der Waals surface area contributed by atoms with Gasteiger partial charge in [0.1, 0.15) is 5.82 Å². The summed E-state index contributed by atoms with van der Waals surface area (Å²) in [5.74, 6) is 1.48. The van der Waals surface area contributed by atoms with Crippen LogP contribution in [0.2, 0.25) is 0 Å². The summed E-state index contributed by atoms with van der Waals surface area (Å²) >= 11 is 1.83. The maximum atomic E-state index is 13.0. The third-order valence-corrected chi connectivity index (χ3v) is 6.88. The smallest absolute Gasteiger partial charge is 0.321 e. The molecule has 1 aliphatic heterocycles. The molecule has 0 bridgehead atoms. The standard InChI is InChI=1S/C18H19FN2O3S2/c19-14-2-6-16(7-3-14)26(23,24)17-8-4-15(5-9-17)20-18(22)21-10-1-12-25-13-11-21/h2-9H,1,10-13H2,(H,20,22). The Morgan fingerprint density at radius 1 is 0.962 bits per heavy atom. The number of nitrogens with one attached hydrogen (secondary N) is 1. The van der Waals surface area contributed by atoms with E-state index in [0.717, 1.165) is 36.6 Å². The molecule has 1 aliphatic rings. The van der Waals surface area contributed by atoms with Gasteiger partial charge in [0, 0.05) is 24.5 Å². The van der Waals surface area contributed by atoms with Gasteiger partial charge in [-0.15, -0.1) is 0 Å². The van der Waals surface area contributed by atoms with Gasteiger partial charge in [-0.25, -0.2) is 17.6 Å². The van der Waals surface area contributed by atoms with Crippen LogP contribution in [0.4, 0.5) is 14.9 Å². The van der Waals surface area contributed by atoms with E-state index in [1.165, 1.54) is 24.3 Å². The van der Waals surface area contributed by atoms with E-state index in [2.05, 4.69) is 5.32 Å². The molecule has 5 nitrogen and oxygen atoms in total. The van der Waals surface area contributed by atoms with Crippen LogP contribution in [0.25, 0.3) is 0 Å². The molecule has 1 saturated heterocycles. The minimum absolute atomic E-state index is 0.0257. The van der Waals surface area contributed by atoms with Crippen LogP contribution in [-0.2, 0) is 9.84 Å². The molecule has 138 valence electrons. The Hall–Kier alpha value is -2.06. The minimum Gasteiger partial charge on any atom is -0.324 e. The summed E-state index contributed by atoms with van der Waals surface area (Å²) in [6, 6.07) is 10.5. The van der Waals surface area contributed by atoms with Crippen molar-refractivity contribution in [3.63, 3.8) is 0 Å². The van der Waals surface area contributed by atoms with Gasteiger partial charge in [0.05, 0.1) is 9.79 Å². The zero-order valence-corrected chi connectivity index (χ0v) is 15.7. The van der Waals surface area contributed by atoms with Crippen molar-refractivity contribution in [3.05, 3.63) is 54.3 Å². The molecule has 2 aromatic rings. The molecule has 3 rings (SSSR count). The molecular weight excluding hydrogens is 375 g/mol. The maximum Gasteiger partial charge on any atom is 0.321 e. The molecule has 0 aliphatic carbocycles. The summed E-state index contributed by atoms with van der Waals surface area (Å²) in [6.45, 7) is 1.42. The van der Waals surface area contributed by atoms with Crippen molar-refractivity contribution < 1.29 is 17.6 Å². The third-order valence-electron chi connectivity index (χ3n) is 4.05. The minimum atomic E-state index is -3.72. The molecule has 0 radical (unpaired) electrons. The van der Waals surface area contributed by atoms with E-state index in [-0.39, 0.29) is 15.8 Å². The zero-order chi connectivity index (χ0) is 18.6. The molecule has 0 unspecified atom stereocenters. The van der Waals surface area contributed by atoms with Crippen LogP contribution < -0.4 is 5.32 Å². The predicted octanol–water partition coefficient (Wildman–Crippen LogP) is 3.63. The number of thioether (sulfide) groups is 1. The number of hydrogen-bond acceptors (Lipinski definition) is 4. The van der Waals surface area contributed by atoms with Gasteiger partial charge in [0.2, 0.25) is 9.84 Å². The molecular formula is C18H19FN2O3S2. The monoisotopic (exact) mass is 394 g/mol. The summed E-state index contributed by atoms with van der Waals surface area (Å²) in [4.78, 5) is 14.2. The van der Waals surface area contributed by atoms with Gasteiger partial charge in [-0.2, -0.15) is 11.8 Å². The Bertz CT molecular complexity index is 860. The Morgan fingerprint density at radius 2 is 1.58 bits per heavy atom. The maximum absolute atomic E-state index is 13.0. The number of carbonyl (C=O) groups is 1. The van der Waals surface area contributed by atoms with Gasteiger partial charge in [0.25, 0.3) is 0 Å². The lowest BCUT2D eigenvalue weighted by atomic mass is 10.3. The lowest BCUT2D eigenvalue weighted by Crippen LogP contribution is -2.36. The lowest BCUT2D eigenvalue weighted by molar-refractivity contribution is 0.216. The number of amides is 2. The Kier molecular flexibility index (Phi) is 5.83. The van der Waals surface area contributed by atoms with Crippen molar-refractivity contribution in [2.24, 2.45) is 0 Å². The van der Waals surface area contributed by atoms with Crippen LogP contribution in [0.15, 0.2) is 58.3 Å². The van der Waals surface area contributed by atoms with E-state index in [4.69, 9.17) is 0 Å². The number of rotatable bonds is 3. The number of sulfone groups is 1. The van der Waals surface area contributed by atoms with E-state index in [1.54, 1.807) is 17.0 Å². The first-order valence-corrected chi connectivity index (χ1v) is 10.8. The van der Waals surface area contributed by atoms with Crippen molar-refractivity contribution in [2.45, 2.75) is 16.2 Å². The van der Waals surface area contributed by atoms with Crippen molar-refractivity contribution in [3.8, 4) is 0 Å². The molecule has 1 heterocycles. The highest BCUT2D eigenvalue weighted by molar-refractivity contribution is 7.99. The second-order valence-corrected chi connectivity index (χ2v) is 9.04. The molecule has 2 aromatic carbocycles. The number of urea groups is 1. The van der Waals surface area contributed by atoms with E-state index in [0.29, 0.717) is 12.2 Å². The molecule has 0 saturated carbocycles. The van der Waals surface area contributed by atoms with Gasteiger partial charge in [-0.1, -0.05) is 0 Å². The van der Waals surface area contributed by atoms with Crippen LogP contribution in [0.5, 0.6) is 0 Å². The second-order valence-electron chi connectivity index (χ2n) is 5.86. The van der Waals surface area contributed by atoms with Gasteiger partial charge >= 0.3 is 6.03 Å². The third kappa shape index (κ3) is 4.37. The van der Waals surface area contributed by atoms with Crippen molar-refractivity contribution in [2.75, 3.05) is 29.9 Å². The number of benzene rings is 2. The van der Waals surface area contributed by atoms with Crippen LogP contribution in [0, 0.1) is 5.82 Å². The highest BCUT2D eigenvalue weighted by atomic mass is 32.2. The molecule has 2 amide bonds. The largest absolute Gasteiger partial charge is 0.324 e. The molecule has 8 heteroatoms. The van der Waals surface area contributed by atoms with E-state index >= 15 is 0 Å². The summed E-state index contributed by atoms with van der Waals surface area (Å²) in [7, 11) is -3.72. The van der Waals surface area contributed by atoms with E-state index < -0.39 is 15.7 Å². The quantitative estimate of drug-likeness (QED) is 0.808. The Labute approximate surface area is 156 Å². The predicted molar refractivity (Wildman–Crippen MR) is 101 cm³/mol. The lowest BCUT2D eigenvalue weighted by Gasteiger charge is -2.20. The first-order chi connectivity index (χ1) is 12.5. The summed E-state index contributed by atoms with van der Waals surface area (Å²) < 4.78 is 38.1. The van der Waals surface area contributed by atoms with Gasteiger partial charge in [-0.05, 0) is 60.7 Å². The van der Waals surface area contributed by atoms with Gasteiger partial charge in [-0.3, -0.25) is 0 Å². The number of halogens is 1.